The number of rotatable bonds is 1. The first-order chi connectivity index (χ1) is 5.69. The van der Waals surface area contributed by atoms with E-state index in [1.807, 2.05) is 6.92 Å². The second-order valence-corrected chi connectivity index (χ2v) is 3.89. The van der Waals surface area contributed by atoms with Crippen LogP contribution in [0.4, 0.5) is 0 Å². The molecule has 0 aromatic heterocycles. The first-order valence-corrected chi connectivity index (χ1v) is 4.73. The van der Waals surface area contributed by atoms with Crippen LogP contribution < -0.4 is 5.32 Å². The van der Waals surface area contributed by atoms with Gasteiger partial charge in [0.25, 0.3) is 5.91 Å². The molecule has 12 heavy (non-hydrogen) atoms. The molecular weight excluding hydrogens is 154 g/mol. The lowest BCUT2D eigenvalue weighted by atomic mass is 9.66. The highest BCUT2D eigenvalue weighted by molar-refractivity contribution is 5.93. The lowest BCUT2D eigenvalue weighted by Crippen LogP contribution is -2.76. The first-order valence-electron chi connectivity index (χ1n) is 4.73. The van der Waals surface area contributed by atoms with Gasteiger partial charge in [0.15, 0.2) is 5.60 Å². The molecule has 68 valence electrons. The summed E-state index contributed by atoms with van der Waals surface area (Å²) in [4.78, 5) is 11.2. The Morgan fingerprint density at radius 2 is 2.42 bits per heavy atom. The van der Waals surface area contributed by atoms with E-state index in [-0.39, 0.29) is 17.9 Å². The molecule has 2 unspecified atom stereocenters. The second-order valence-electron chi connectivity index (χ2n) is 3.89. The molecule has 2 rings (SSSR count). The van der Waals surface area contributed by atoms with Crippen LogP contribution >= 0.6 is 0 Å². The van der Waals surface area contributed by atoms with E-state index < -0.39 is 5.60 Å². The van der Waals surface area contributed by atoms with Gasteiger partial charge in [0.1, 0.15) is 0 Å². The number of carbonyl (C=O) groups is 1. The summed E-state index contributed by atoms with van der Waals surface area (Å²) in [5, 5.41) is 12.8. The minimum absolute atomic E-state index is 0.0451. The van der Waals surface area contributed by atoms with E-state index in [4.69, 9.17) is 0 Å². The van der Waals surface area contributed by atoms with Gasteiger partial charge in [-0.2, -0.15) is 0 Å². The average Bonchev–Trinajstić information content (AvgIpc) is 2.08. The van der Waals surface area contributed by atoms with E-state index in [1.54, 1.807) is 0 Å². The van der Waals surface area contributed by atoms with Crippen molar-refractivity contribution < 1.29 is 9.90 Å². The topological polar surface area (TPSA) is 49.3 Å². The summed E-state index contributed by atoms with van der Waals surface area (Å²) >= 11 is 0. The van der Waals surface area contributed by atoms with Crippen LogP contribution in [-0.4, -0.2) is 22.7 Å². The van der Waals surface area contributed by atoms with Crippen molar-refractivity contribution in [1.82, 2.24) is 5.32 Å². The Morgan fingerprint density at radius 3 is 2.92 bits per heavy atom. The van der Waals surface area contributed by atoms with Gasteiger partial charge in [0.05, 0.1) is 6.04 Å². The Labute approximate surface area is 72.2 Å². The molecule has 2 aliphatic rings. The fraction of sp³-hybridized carbons (Fsp3) is 0.889. The fourth-order valence-electron chi connectivity index (χ4n) is 2.53. The van der Waals surface area contributed by atoms with Crippen LogP contribution in [0.25, 0.3) is 0 Å². The van der Waals surface area contributed by atoms with Crippen LogP contribution in [0, 0.1) is 5.92 Å². The number of hydrogen-bond acceptors (Lipinski definition) is 2. The predicted molar refractivity (Wildman–Crippen MR) is 44.5 cm³/mol. The quantitative estimate of drug-likeness (QED) is 0.559. The van der Waals surface area contributed by atoms with Crippen molar-refractivity contribution in [3.8, 4) is 0 Å². The van der Waals surface area contributed by atoms with Gasteiger partial charge in [-0.3, -0.25) is 4.79 Å². The molecule has 3 nitrogen and oxygen atoms in total. The maximum atomic E-state index is 11.2. The normalized spacial score (nSPS) is 46.0. The van der Waals surface area contributed by atoms with Crippen molar-refractivity contribution in [2.75, 3.05) is 0 Å². The van der Waals surface area contributed by atoms with E-state index in [0.29, 0.717) is 0 Å². The summed E-state index contributed by atoms with van der Waals surface area (Å²) in [6.07, 6.45) is 3.97. The fourth-order valence-corrected chi connectivity index (χ4v) is 2.53. The SMILES string of the molecule is CC[C@H]1CCCC2NC(=O)C21O. The van der Waals surface area contributed by atoms with Gasteiger partial charge in [-0.1, -0.05) is 13.3 Å². The highest BCUT2D eigenvalue weighted by atomic mass is 16.3. The van der Waals surface area contributed by atoms with E-state index in [1.165, 1.54) is 0 Å². The molecule has 3 heteroatoms. The van der Waals surface area contributed by atoms with Gasteiger partial charge in [0.2, 0.25) is 0 Å². The Hall–Kier alpha value is -0.570. The summed E-state index contributed by atoms with van der Waals surface area (Å²) in [5.41, 5.74) is -1.01. The monoisotopic (exact) mass is 169 g/mol. The lowest BCUT2D eigenvalue weighted by Gasteiger charge is -2.52. The highest BCUT2D eigenvalue weighted by Crippen LogP contribution is 2.41. The van der Waals surface area contributed by atoms with Crippen molar-refractivity contribution >= 4 is 5.91 Å². The third-order valence-corrected chi connectivity index (χ3v) is 3.36. The molecular formula is C9H15NO2. The molecule has 3 atom stereocenters. The van der Waals surface area contributed by atoms with Gasteiger partial charge in [0, 0.05) is 0 Å². The molecule has 0 spiro atoms. The maximum absolute atomic E-state index is 11.2. The van der Waals surface area contributed by atoms with E-state index >= 15 is 0 Å². The summed E-state index contributed by atoms with van der Waals surface area (Å²) in [6.45, 7) is 2.04. The van der Waals surface area contributed by atoms with Crippen LogP contribution in [0.3, 0.4) is 0 Å². The molecule has 0 aromatic carbocycles. The zero-order chi connectivity index (χ0) is 8.77. The van der Waals surface area contributed by atoms with Crippen molar-refractivity contribution in [2.24, 2.45) is 5.92 Å². The molecule has 2 fully saturated rings. The third-order valence-electron chi connectivity index (χ3n) is 3.36. The van der Waals surface area contributed by atoms with Crippen LogP contribution in [0.15, 0.2) is 0 Å². The second kappa shape index (κ2) is 2.46. The Kier molecular flexibility index (Phi) is 1.65. The number of fused-ring (bicyclic) bond motifs is 1. The maximum Gasteiger partial charge on any atom is 0.254 e. The molecule has 0 radical (unpaired) electrons. The van der Waals surface area contributed by atoms with Crippen LogP contribution in [0.5, 0.6) is 0 Å². The lowest BCUT2D eigenvalue weighted by molar-refractivity contribution is -0.177. The molecule has 0 bridgehead atoms. The zero-order valence-electron chi connectivity index (χ0n) is 7.34. The molecule has 1 heterocycles. The largest absolute Gasteiger partial charge is 0.378 e. The number of aliphatic hydroxyl groups is 1. The summed E-state index contributed by atoms with van der Waals surface area (Å²) in [6, 6.07) is 0.0451. The average molecular weight is 169 g/mol. The standard InChI is InChI=1S/C9H15NO2/c1-2-6-4-3-5-7-9(6,12)8(11)10-7/h6-7,12H,2-5H2,1H3,(H,10,11)/t6-,7?,9?/m0/s1. The number of amides is 1. The highest BCUT2D eigenvalue weighted by Gasteiger charge is 2.59. The van der Waals surface area contributed by atoms with Gasteiger partial charge in [-0.25, -0.2) is 0 Å². The zero-order valence-corrected chi connectivity index (χ0v) is 7.34. The van der Waals surface area contributed by atoms with E-state index in [0.717, 1.165) is 25.7 Å². The Balaban J connectivity index is 2.20. The van der Waals surface area contributed by atoms with E-state index in [2.05, 4.69) is 5.32 Å². The molecule has 1 amide bonds. The number of hydrogen-bond donors (Lipinski definition) is 2. The number of carbonyl (C=O) groups excluding carboxylic acids is 1. The van der Waals surface area contributed by atoms with E-state index in [9.17, 15) is 9.90 Å². The van der Waals surface area contributed by atoms with Crippen molar-refractivity contribution in [1.29, 1.82) is 0 Å². The Morgan fingerprint density at radius 1 is 1.67 bits per heavy atom. The number of nitrogens with one attached hydrogen (secondary N) is 1. The predicted octanol–water partition coefficient (Wildman–Crippen LogP) is 0.426. The third kappa shape index (κ3) is 0.774. The molecule has 2 N–H and O–H groups in total. The summed E-state index contributed by atoms with van der Waals surface area (Å²) < 4.78 is 0. The van der Waals surface area contributed by atoms with Gasteiger partial charge in [-0.15, -0.1) is 0 Å². The summed E-state index contributed by atoms with van der Waals surface area (Å²) in [7, 11) is 0. The number of β-lactam (4-membered cyclic amide) rings is 1. The van der Waals surface area contributed by atoms with Crippen LogP contribution in [-0.2, 0) is 4.79 Å². The van der Waals surface area contributed by atoms with Crippen LogP contribution in [0.1, 0.15) is 32.6 Å². The van der Waals surface area contributed by atoms with Gasteiger partial charge >= 0.3 is 0 Å². The molecule has 1 aliphatic heterocycles. The van der Waals surface area contributed by atoms with Gasteiger partial charge < -0.3 is 10.4 Å². The first kappa shape index (κ1) is 8.05. The Bertz CT molecular complexity index is 217. The molecule has 1 saturated heterocycles. The van der Waals surface area contributed by atoms with Crippen molar-refractivity contribution in [2.45, 2.75) is 44.2 Å². The minimum atomic E-state index is -1.01. The van der Waals surface area contributed by atoms with Crippen molar-refractivity contribution in [3.63, 3.8) is 0 Å². The van der Waals surface area contributed by atoms with Crippen LogP contribution in [0.2, 0.25) is 0 Å². The smallest absolute Gasteiger partial charge is 0.254 e. The van der Waals surface area contributed by atoms with Crippen molar-refractivity contribution in [3.05, 3.63) is 0 Å². The molecule has 1 aliphatic carbocycles. The molecule has 0 aromatic rings. The minimum Gasteiger partial charge on any atom is -0.378 e. The molecule has 1 saturated carbocycles. The van der Waals surface area contributed by atoms with Gasteiger partial charge in [-0.05, 0) is 25.2 Å². The summed E-state index contributed by atoms with van der Waals surface area (Å²) in [5.74, 6) is 0.0315.